The number of aryl methyl sites for hydroxylation is 1. The fraction of sp³-hybridized carbons (Fsp3) is 0.364. The summed E-state index contributed by atoms with van der Waals surface area (Å²) < 4.78 is 30.8. The highest BCUT2D eigenvalue weighted by molar-refractivity contribution is 5.82. The van der Waals surface area contributed by atoms with Crippen molar-refractivity contribution in [1.82, 2.24) is 29.7 Å². The molecular weight excluding hydrogens is 386 g/mol. The monoisotopic (exact) mass is 408 g/mol. The van der Waals surface area contributed by atoms with Gasteiger partial charge in [-0.25, -0.2) is 18.3 Å². The summed E-state index contributed by atoms with van der Waals surface area (Å²) in [7, 11) is 0. The molecule has 4 aromatic rings. The summed E-state index contributed by atoms with van der Waals surface area (Å²) in [6, 6.07) is 6.37. The summed E-state index contributed by atoms with van der Waals surface area (Å²) >= 11 is 0. The van der Waals surface area contributed by atoms with Crippen molar-refractivity contribution in [2.45, 2.75) is 32.6 Å². The topological polar surface area (TPSA) is 59.2 Å². The van der Waals surface area contributed by atoms with Crippen molar-refractivity contribution in [2.75, 3.05) is 19.6 Å². The van der Waals surface area contributed by atoms with E-state index in [-0.39, 0.29) is 17.2 Å². The van der Waals surface area contributed by atoms with E-state index in [1.807, 2.05) is 6.07 Å². The van der Waals surface area contributed by atoms with Crippen molar-refractivity contribution in [3.05, 3.63) is 53.4 Å². The Morgan fingerprint density at radius 2 is 1.80 bits per heavy atom. The van der Waals surface area contributed by atoms with Gasteiger partial charge in [-0.3, -0.25) is 0 Å². The van der Waals surface area contributed by atoms with Crippen LogP contribution in [0.1, 0.15) is 36.9 Å². The Morgan fingerprint density at radius 3 is 2.57 bits per heavy atom. The van der Waals surface area contributed by atoms with Crippen molar-refractivity contribution in [3.63, 3.8) is 0 Å². The first-order valence-electron chi connectivity index (χ1n) is 10.2. The van der Waals surface area contributed by atoms with Gasteiger partial charge in [-0.1, -0.05) is 6.92 Å². The summed E-state index contributed by atoms with van der Waals surface area (Å²) in [6.45, 7) is 7.03. The molecule has 1 aliphatic rings. The summed E-state index contributed by atoms with van der Waals surface area (Å²) in [5.41, 5.74) is 2.88. The van der Waals surface area contributed by atoms with E-state index in [1.54, 1.807) is 25.3 Å². The maximum atomic E-state index is 15.0. The van der Waals surface area contributed by atoms with E-state index in [1.165, 1.54) is 10.6 Å². The first-order chi connectivity index (χ1) is 14.5. The molecule has 1 saturated heterocycles. The summed E-state index contributed by atoms with van der Waals surface area (Å²) in [5.74, 6) is -0.517. The van der Waals surface area contributed by atoms with E-state index in [2.05, 4.69) is 32.1 Å². The fourth-order valence-corrected chi connectivity index (χ4v) is 4.25. The minimum atomic E-state index is -0.510. The number of imidazole rings is 1. The van der Waals surface area contributed by atoms with Crippen LogP contribution in [0, 0.1) is 18.6 Å². The van der Waals surface area contributed by atoms with E-state index in [0.29, 0.717) is 28.2 Å². The van der Waals surface area contributed by atoms with Gasteiger partial charge >= 0.3 is 0 Å². The minimum Gasteiger partial charge on any atom is -0.304 e. The molecule has 154 valence electrons. The molecule has 0 spiro atoms. The molecular formula is C22H22F2N6. The summed E-state index contributed by atoms with van der Waals surface area (Å²) in [5, 5.41) is 13.1. The van der Waals surface area contributed by atoms with Crippen LogP contribution < -0.4 is 0 Å². The van der Waals surface area contributed by atoms with Crippen LogP contribution in [0.4, 0.5) is 8.78 Å². The Balaban J connectivity index is 1.51. The largest absolute Gasteiger partial charge is 0.304 e. The van der Waals surface area contributed by atoms with Gasteiger partial charge in [0.1, 0.15) is 17.2 Å². The van der Waals surface area contributed by atoms with Gasteiger partial charge in [0, 0.05) is 11.5 Å². The third kappa shape index (κ3) is 3.31. The van der Waals surface area contributed by atoms with Crippen LogP contribution in [-0.4, -0.2) is 49.3 Å². The molecule has 0 unspecified atom stereocenters. The molecule has 30 heavy (non-hydrogen) atoms. The second-order valence-electron chi connectivity index (χ2n) is 7.90. The Hall–Kier alpha value is -3.00. The van der Waals surface area contributed by atoms with Gasteiger partial charge < -0.3 is 4.90 Å². The highest BCUT2D eigenvalue weighted by Crippen LogP contribution is 2.32. The molecule has 0 bridgehead atoms. The molecule has 5 rings (SSSR count). The molecule has 1 aliphatic heterocycles. The average Bonchev–Trinajstić information content (AvgIpc) is 3.14. The van der Waals surface area contributed by atoms with Crippen molar-refractivity contribution < 1.29 is 8.78 Å². The van der Waals surface area contributed by atoms with Crippen LogP contribution in [0.2, 0.25) is 0 Å². The SMILES string of the molecule is CCN1CCC(c2cc(F)c3cc(-c4cc(F)c5nc(C)cn5n4)nnc3c2)CC1. The lowest BCUT2D eigenvalue weighted by molar-refractivity contribution is 0.222. The Labute approximate surface area is 172 Å². The Morgan fingerprint density at radius 1 is 1.00 bits per heavy atom. The van der Waals surface area contributed by atoms with Gasteiger partial charge in [0.2, 0.25) is 0 Å². The number of aromatic nitrogens is 5. The van der Waals surface area contributed by atoms with Crippen molar-refractivity contribution in [3.8, 4) is 11.4 Å². The van der Waals surface area contributed by atoms with E-state index >= 15 is 0 Å². The van der Waals surface area contributed by atoms with Gasteiger partial charge in [0.15, 0.2) is 11.5 Å². The standard InChI is InChI=1S/C22H22F2N6/c1-3-29-6-4-14(5-7-29)15-8-17(23)16-10-20(27-26-19(16)9-15)21-11-18(24)22-25-13(2)12-30(22)28-21/h8-12,14H,3-7H2,1-2H3. The zero-order valence-corrected chi connectivity index (χ0v) is 16.9. The van der Waals surface area contributed by atoms with Crippen LogP contribution in [0.15, 0.2) is 30.5 Å². The lowest BCUT2D eigenvalue weighted by atomic mass is 9.88. The van der Waals surface area contributed by atoms with Crippen LogP contribution in [0.3, 0.4) is 0 Å². The number of hydrogen-bond acceptors (Lipinski definition) is 5. The zero-order valence-electron chi connectivity index (χ0n) is 16.9. The van der Waals surface area contributed by atoms with Crippen LogP contribution in [0.25, 0.3) is 27.9 Å². The number of halogens is 2. The third-order valence-electron chi connectivity index (χ3n) is 5.95. The first-order valence-corrected chi connectivity index (χ1v) is 10.2. The highest BCUT2D eigenvalue weighted by Gasteiger charge is 2.21. The molecule has 0 saturated carbocycles. The smallest absolute Gasteiger partial charge is 0.190 e. The van der Waals surface area contributed by atoms with Gasteiger partial charge in [0.05, 0.1) is 17.4 Å². The van der Waals surface area contributed by atoms with Crippen molar-refractivity contribution in [1.29, 1.82) is 0 Å². The number of hydrogen-bond donors (Lipinski definition) is 0. The maximum absolute atomic E-state index is 15.0. The second kappa shape index (κ2) is 7.36. The molecule has 0 aliphatic carbocycles. The number of likely N-dealkylation sites (tertiary alicyclic amines) is 1. The predicted octanol–water partition coefficient (Wildman–Crippen LogP) is 4.13. The molecule has 0 amide bonds. The number of fused-ring (bicyclic) bond motifs is 2. The third-order valence-corrected chi connectivity index (χ3v) is 5.95. The molecule has 3 aromatic heterocycles. The normalized spacial score (nSPS) is 16.0. The predicted molar refractivity (Wildman–Crippen MR) is 110 cm³/mol. The molecule has 8 heteroatoms. The number of benzene rings is 1. The molecule has 6 nitrogen and oxygen atoms in total. The summed E-state index contributed by atoms with van der Waals surface area (Å²) in [6.07, 6.45) is 3.66. The van der Waals surface area contributed by atoms with Crippen molar-refractivity contribution >= 4 is 16.6 Å². The molecule has 0 radical (unpaired) electrons. The quantitative estimate of drug-likeness (QED) is 0.510. The van der Waals surface area contributed by atoms with E-state index in [4.69, 9.17) is 0 Å². The average molecular weight is 408 g/mol. The lowest BCUT2D eigenvalue weighted by Crippen LogP contribution is -2.32. The minimum absolute atomic E-state index is 0.148. The molecule has 0 N–H and O–H groups in total. The van der Waals surface area contributed by atoms with Crippen LogP contribution >= 0.6 is 0 Å². The van der Waals surface area contributed by atoms with Gasteiger partial charge in [-0.05, 0) is 69.1 Å². The molecule has 0 atom stereocenters. The number of piperidine rings is 1. The maximum Gasteiger partial charge on any atom is 0.190 e. The molecule has 1 aromatic carbocycles. The zero-order chi connectivity index (χ0) is 20.8. The van der Waals surface area contributed by atoms with Gasteiger partial charge in [-0.2, -0.15) is 5.10 Å². The van der Waals surface area contributed by atoms with E-state index in [0.717, 1.165) is 38.0 Å². The Bertz CT molecular complexity index is 1240. The van der Waals surface area contributed by atoms with Gasteiger partial charge in [0.25, 0.3) is 0 Å². The fourth-order valence-electron chi connectivity index (χ4n) is 4.25. The van der Waals surface area contributed by atoms with E-state index in [9.17, 15) is 8.78 Å². The second-order valence-corrected chi connectivity index (χ2v) is 7.90. The first kappa shape index (κ1) is 19.0. The Kier molecular flexibility index (Phi) is 4.66. The molecule has 4 heterocycles. The number of rotatable bonds is 3. The van der Waals surface area contributed by atoms with Crippen LogP contribution in [-0.2, 0) is 0 Å². The highest BCUT2D eigenvalue weighted by atomic mass is 19.1. The van der Waals surface area contributed by atoms with E-state index < -0.39 is 5.82 Å². The molecule has 1 fully saturated rings. The lowest BCUT2D eigenvalue weighted by Gasteiger charge is -2.31. The van der Waals surface area contributed by atoms with Crippen LogP contribution in [0.5, 0.6) is 0 Å². The van der Waals surface area contributed by atoms with Gasteiger partial charge in [-0.15, -0.1) is 10.2 Å². The van der Waals surface area contributed by atoms with Crippen molar-refractivity contribution in [2.24, 2.45) is 0 Å². The number of nitrogens with zero attached hydrogens (tertiary/aromatic N) is 6. The summed E-state index contributed by atoms with van der Waals surface area (Å²) in [4.78, 5) is 6.51.